The molecule has 26 heavy (non-hydrogen) atoms. The fourth-order valence-electron chi connectivity index (χ4n) is 3.40. The number of rotatable bonds is 11. The molecule has 0 unspecified atom stereocenters. The predicted octanol–water partition coefficient (Wildman–Crippen LogP) is 4.23. The van der Waals surface area contributed by atoms with Crippen molar-refractivity contribution in [1.29, 1.82) is 0 Å². The summed E-state index contributed by atoms with van der Waals surface area (Å²) in [7, 11) is -5.85. The molecule has 0 aromatic rings. The van der Waals surface area contributed by atoms with Crippen molar-refractivity contribution in [3.8, 4) is 0 Å². The molecule has 0 saturated heterocycles. The Bertz CT molecular complexity index is 518. The van der Waals surface area contributed by atoms with Crippen LogP contribution in [0.3, 0.4) is 0 Å². The summed E-state index contributed by atoms with van der Waals surface area (Å²) in [6, 6.07) is 0. The molecule has 1 fully saturated rings. The first-order chi connectivity index (χ1) is 12.3. The molecule has 3 atom stereocenters. The lowest BCUT2D eigenvalue weighted by atomic mass is 9.88. The molecule has 0 bridgehead atoms. The summed E-state index contributed by atoms with van der Waals surface area (Å²) < 4.78 is 53.7. The van der Waals surface area contributed by atoms with E-state index >= 15 is 0 Å². The van der Waals surface area contributed by atoms with E-state index in [2.05, 4.69) is 0 Å². The first-order valence-electron chi connectivity index (χ1n) is 9.17. The monoisotopic (exact) mass is 414 g/mol. The Balaban J connectivity index is 3.30. The van der Waals surface area contributed by atoms with Crippen LogP contribution in [0.2, 0.25) is 0 Å². The molecule has 0 spiro atoms. The normalized spacial score (nSPS) is 24.4. The zero-order valence-electron chi connectivity index (χ0n) is 16.3. The summed E-state index contributed by atoms with van der Waals surface area (Å²) in [5.41, 5.74) is -1.42. The van der Waals surface area contributed by atoms with Crippen LogP contribution in [0.15, 0.2) is 0 Å². The number of hydrogen-bond donors (Lipinski definition) is 0. The molecule has 0 N–H and O–H groups in total. The minimum atomic E-state index is -3.62. The molecule has 1 saturated carbocycles. The van der Waals surface area contributed by atoms with Gasteiger partial charge in [-0.2, -0.15) is 0 Å². The Kier molecular flexibility index (Phi) is 10.0. The molecule has 8 nitrogen and oxygen atoms in total. The van der Waals surface area contributed by atoms with Crippen molar-refractivity contribution in [3.05, 3.63) is 0 Å². The summed E-state index contributed by atoms with van der Waals surface area (Å²) in [5, 5.41) is 0. The first-order valence-corrected chi connectivity index (χ1v) is 12.4. The smallest absolute Gasteiger partial charge is 0.334 e. The van der Waals surface area contributed by atoms with E-state index < -0.39 is 32.4 Å². The zero-order chi connectivity index (χ0) is 19.8. The molecule has 0 heterocycles. The van der Waals surface area contributed by atoms with Crippen molar-refractivity contribution >= 4 is 21.2 Å². The zero-order valence-corrected chi connectivity index (χ0v) is 18.1. The fraction of sp³-hybridized carbons (Fsp3) is 0.938. The highest BCUT2D eigenvalue weighted by molar-refractivity contribution is 7.59. The number of methoxy groups -OCH3 is 1. The summed E-state index contributed by atoms with van der Waals surface area (Å²) in [6.07, 6.45) is 1.00. The third-order valence-corrected chi connectivity index (χ3v) is 9.89. The summed E-state index contributed by atoms with van der Waals surface area (Å²) >= 11 is 0. The lowest BCUT2D eigenvalue weighted by molar-refractivity contribution is -0.146. The van der Waals surface area contributed by atoms with E-state index in [0.717, 1.165) is 0 Å². The minimum absolute atomic E-state index is 0.178. The third kappa shape index (κ3) is 5.63. The third-order valence-electron chi connectivity index (χ3n) is 4.36. The highest BCUT2D eigenvalue weighted by Crippen LogP contribution is 2.68. The van der Waals surface area contributed by atoms with E-state index in [4.69, 9.17) is 22.8 Å². The molecule has 1 rings (SSSR count). The number of carbonyl (C=O) groups excluding carboxylic acids is 1. The standard InChI is InChI=1S/C16H32O8P2/c1-6-21-25(18,22-7-2)14-11-10-13(16(17)20-5)12-15(14)26(19,23-8-3)24-9-4/h13-15H,6-12H2,1-5H3/t13-,14+,15+/m1/s1. The maximum atomic E-state index is 13.5. The maximum absolute atomic E-state index is 13.5. The van der Waals surface area contributed by atoms with Crippen LogP contribution in [0.1, 0.15) is 47.0 Å². The number of hydrogen-bond acceptors (Lipinski definition) is 8. The largest absolute Gasteiger partial charge is 0.469 e. The second kappa shape index (κ2) is 10.9. The molecule has 10 heteroatoms. The van der Waals surface area contributed by atoms with Gasteiger partial charge in [-0.1, -0.05) is 0 Å². The Morgan fingerprint density at radius 3 is 1.62 bits per heavy atom. The topological polar surface area (TPSA) is 97.4 Å². The van der Waals surface area contributed by atoms with E-state index in [-0.39, 0.29) is 38.8 Å². The fourth-order valence-corrected chi connectivity index (χ4v) is 8.82. The van der Waals surface area contributed by atoms with Crippen molar-refractivity contribution in [2.45, 2.75) is 58.3 Å². The Morgan fingerprint density at radius 2 is 1.23 bits per heavy atom. The summed E-state index contributed by atoms with van der Waals surface area (Å²) in [6.45, 7) is 7.64. The average Bonchev–Trinajstić information content (AvgIpc) is 2.61. The number of ether oxygens (including phenoxy) is 1. The lowest BCUT2D eigenvalue weighted by Gasteiger charge is -2.40. The average molecular weight is 414 g/mol. The molecule has 0 amide bonds. The van der Waals surface area contributed by atoms with Crippen LogP contribution >= 0.6 is 15.2 Å². The van der Waals surface area contributed by atoms with Crippen molar-refractivity contribution in [3.63, 3.8) is 0 Å². The molecule has 154 valence electrons. The SMILES string of the molecule is CCOP(=O)(OCC)[C@H]1CC[C@@H](C(=O)OC)C[C@@H]1P(=O)(OCC)OCC. The van der Waals surface area contributed by atoms with E-state index in [0.29, 0.717) is 12.8 Å². The van der Waals surface area contributed by atoms with Crippen molar-refractivity contribution < 1.29 is 36.8 Å². The van der Waals surface area contributed by atoms with Gasteiger partial charge in [0.2, 0.25) is 0 Å². The van der Waals surface area contributed by atoms with Crippen LogP contribution in [0.25, 0.3) is 0 Å². The summed E-state index contributed by atoms with van der Waals surface area (Å²) in [5.74, 6) is -0.831. The van der Waals surface area contributed by atoms with Crippen LogP contribution in [-0.4, -0.2) is 50.8 Å². The Hall–Kier alpha value is -0.230. The second-order valence-corrected chi connectivity index (χ2v) is 10.4. The molecular weight excluding hydrogens is 382 g/mol. The molecule has 0 aromatic heterocycles. The number of carbonyl (C=O) groups is 1. The summed E-state index contributed by atoms with van der Waals surface area (Å²) in [4.78, 5) is 12.0. The first kappa shape index (κ1) is 23.8. The molecular formula is C16H32O8P2. The van der Waals surface area contributed by atoms with Crippen molar-refractivity contribution in [2.75, 3.05) is 33.5 Å². The van der Waals surface area contributed by atoms with Gasteiger partial charge in [0.05, 0.1) is 50.8 Å². The molecule has 0 aromatic carbocycles. The van der Waals surface area contributed by atoms with Crippen LogP contribution in [0, 0.1) is 5.92 Å². The van der Waals surface area contributed by atoms with Gasteiger partial charge < -0.3 is 22.8 Å². The maximum Gasteiger partial charge on any atom is 0.334 e. The van der Waals surface area contributed by atoms with Crippen LogP contribution in [0.4, 0.5) is 0 Å². The van der Waals surface area contributed by atoms with Crippen LogP contribution in [-0.2, 0) is 36.8 Å². The lowest BCUT2D eigenvalue weighted by Crippen LogP contribution is -2.38. The molecule has 0 radical (unpaired) electrons. The van der Waals surface area contributed by atoms with Gasteiger partial charge in [0.15, 0.2) is 0 Å². The Labute approximate surface area is 156 Å². The predicted molar refractivity (Wildman–Crippen MR) is 98.7 cm³/mol. The molecule has 1 aliphatic rings. The van der Waals surface area contributed by atoms with E-state index in [1.54, 1.807) is 27.7 Å². The number of esters is 1. The van der Waals surface area contributed by atoms with E-state index in [1.165, 1.54) is 7.11 Å². The van der Waals surface area contributed by atoms with Crippen molar-refractivity contribution in [2.24, 2.45) is 5.92 Å². The van der Waals surface area contributed by atoms with Gasteiger partial charge in [-0.05, 0) is 47.0 Å². The second-order valence-electron chi connectivity index (χ2n) is 5.92. The van der Waals surface area contributed by atoms with E-state index in [1.807, 2.05) is 0 Å². The van der Waals surface area contributed by atoms with Gasteiger partial charge in [-0.15, -0.1) is 0 Å². The van der Waals surface area contributed by atoms with Crippen LogP contribution in [0.5, 0.6) is 0 Å². The minimum Gasteiger partial charge on any atom is -0.469 e. The quantitative estimate of drug-likeness (QED) is 0.366. The van der Waals surface area contributed by atoms with E-state index in [9.17, 15) is 13.9 Å². The van der Waals surface area contributed by atoms with Gasteiger partial charge in [0, 0.05) is 0 Å². The highest BCUT2D eigenvalue weighted by Gasteiger charge is 2.54. The molecule has 0 aliphatic heterocycles. The van der Waals surface area contributed by atoms with Crippen molar-refractivity contribution in [1.82, 2.24) is 0 Å². The highest BCUT2D eigenvalue weighted by atomic mass is 31.2. The van der Waals surface area contributed by atoms with Gasteiger partial charge in [-0.25, -0.2) is 0 Å². The van der Waals surface area contributed by atoms with Gasteiger partial charge in [0.25, 0.3) is 0 Å². The Morgan fingerprint density at radius 1 is 0.808 bits per heavy atom. The van der Waals surface area contributed by atoms with Crippen LogP contribution < -0.4 is 0 Å². The van der Waals surface area contributed by atoms with Gasteiger partial charge >= 0.3 is 21.2 Å². The van der Waals surface area contributed by atoms with Gasteiger partial charge in [-0.3, -0.25) is 13.9 Å². The van der Waals surface area contributed by atoms with Gasteiger partial charge in [0.1, 0.15) is 0 Å². The molecule has 1 aliphatic carbocycles.